The fraction of sp³-hybridized carbons (Fsp3) is 0.350. The van der Waals surface area contributed by atoms with Gasteiger partial charge < -0.3 is 5.32 Å². The Bertz CT molecular complexity index is 1190. The first-order valence-corrected chi connectivity index (χ1v) is 10.8. The molecule has 1 aromatic carbocycles. The molecule has 1 amide bonds. The largest absolute Gasteiger partial charge is 0.304 e. The van der Waals surface area contributed by atoms with E-state index >= 15 is 0 Å². The van der Waals surface area contributed by atoms with Gasteiger partial charge in [0, 0.05) is 29.8 Å². The first kappa shape index (κ1) is 21.8. The molecule has 32 heavy (non-hydrogen) atoms. The Morgan fingerprint density at radius 2 is 2.06 bits per heavy atom. The summed E-state index contributed by atoms with van der Waals surface area (Å²) >= 11 is 1.07. The Morgan fingerprint density at radius 3 is 2.69 bits per heavy atom. The van der Waals surface area contributed by atoms with Crippen molar-refractivity contribution in [3.8, 4) is 0 Å². The summed E-state index contributed by atoms with van der Waals surface area (Å²) in [5.41, 5.74) is 0.960. The maximum Gasteiger partial charge on any atom is 0.273 e. The van der Waals surface area contributed by atoms with Gasteiger partial charge >= 0.3 is 0 Å². The normalized spacial score (nSPS) is 14.0. The molecule has 2 aromatic heterocycles. The van der Waals surface area contributed by atoms with Crippen LogP contribution in [0.1, 0.15) is 53.1 Å². The van der Waals surface area contributed by atoms with Gasteiger partial charge in [0.15, 0.2) is 11.6 Å². The number of hydrogen-bond acceptors (Lipinski definition) is 8. The fourth-order valence-corrected chi connectivity index (χ4v) is 4.68. The molecular weight excluding hydrogens is 437 g/mol. The van der Waals surface area contributed by atoms with E-state index in [-0.39, 0.29) is 23.0 Å². The number of carbonyl (C=O) groups is 1. The first-order chi connectivity index (χ1) is 15.3. The number of nitro groups is 1. The van der Waals surface area contributed by atoms with Gasteiger partial charge in [-0.3, -0.25) is 14.9 Å². The number of aryl methyl sites for hydroxylation is 2. The quantitative estimate of drug-likeness (QED) is 0.434. The summed E-state index contributed by atoms with van der Waals surface area (Å²) in [7, 11) is 1.63. The Kier molecular flexibility index (Phi) is 6.12. The number of halogens is 1. The van der Waals surface area contributed by atoms with Gasteiger partial charge in [-0.1, -0.05) is 12.8 Å². The van der Waals surface area contributed by atoms with Gasteiger partial charge in [0.2, 0.25) is 5.16 Å². The summed E-state index contributed by atoms with van der Waals surface area (Å²) in [5, 5.41) is 25.4. The van der Waals surface area contributed by atoms with E-state index in [0.717, 1.165) is 43.0 Å². The molecule has 4 rings (SSSR count). The van der Waals surface area contributed by atoms with Gasteiger partial charge in [0.05, 0.1) is 10.5 Å². The smallest absolute Gasteiger partial charge is 0.273 e. The van der Waals surface area contributed by atoms with Gasteiger partial charge in [0.25, 0.3) is 11.6 Å². The van der Waals surface area contributed by atoms with E-state index in [1.165, 1.54) is 22.9 Å². The van der Waals surface area contributed by atoms with E-state index in [9.17, 15) is 19.3 Å². The van der Waals surface area contributed by atoms with E-state index in [4.69, 9.17) is 0 Å². The number of carbonyl (C=O) groups excluding carboxylic acids is 1. The van der Waals surface area contributed by atoms with Crippen molar-refractivity contribution >= 4 is 29.2 Å². The zero-order valence-corrected chi connectivity index (χ0v) is 18.2. The lowest BCUT2D eigenvalue weighted by atomic mass is 9.99. The average Bonchev–Trinajstić information content (AvgIpc) is 3.42. The van der Waals surface area contributed by atoms with Crippen molar-refractivity contribution in [1.82, 2.24) is 25.2 Å². The number of hydrogen-bond donors (Lipinski definition) is 1. The molecule has 1 saturated carbocycles. The standard InChI is InChI=1S/C20H20FN7O3S/c1-11-7-17(32-20-24-25-26-27(20)2)14(9-16(11)28(30)31)19(29)23-18-15(21)8-13(10-22-18)12-5-3-4-6-12/h7-10,12H,3-6H2,1-2H3,(H,22,23,29). The van der Waals surface area contributed by atoms with Crippen LogP contribution in [-0.4, -0.2) is 36.0 Å². The predicted molar refractivity (Wildman–Crippen MR) is 114 cm³/mol. The minimum Gasteiger partial charge on any atom is -0.304 e. The molecule has 0 atom stereocenters. The van der Waals surface area contributed by atoms with Gasteiger partial charge in [-0.15, -0.1) is 5.10 Å². The van der Waals surface area contributed by atoms with E-state index in [1.54, 1.807) is 20.2 Å². The van der Waals surface area contributed by atoms with Gasteiger partial charge in [-0.25, -0.2) is 14.1 Å². The Balaban J connectivity index is 1.65. The highest BCUT2D eigenvalue weighted by molar-refractivity contribution is 7.99. The first-order valence-electron chi connectivity index (χ1n) is 9.99. The minimum atomic E-state index is -0.717. The molecule has 0 unspecified atom stereocenters. The molecule has 3 aromatic rings. The summed E-state index contributed by atoms with van der Waals surface area (Å²) in [5.74, 6) is -1.30. The Morgan fingerprint density at radius 1 is 1.31 bits per heavy atom. The molecular formula is C20H20FN7O3S. The van der Waals surface area contributed by atoms with Crippen molar-refractivity contribution in [2.45, 2.75) is 48.6 Å². The van der Waals surface area contributed by atoms with Crippen molar-refractivity contribution in [1.29, 1.82) is 0 Å². The summed E-state index contributed by atoms with van der Waals surface area (Å²) in [6.45, 7) is 1.57. The third-order valence-corrected chi connectivity index (χ3v) is 6.53. The van der Waals surface area contributed by atoms with Crippen LogP contribution in [0.3, 0.4) is 0 Å². The number of tetrazole rings is 1. The van der Waals surface area contributed by atoms with Gasteiger partial charge in [0.1, 0.15) is 0 Å². The lowest BCUT2D eigenvalue weighted by Gasteiger charge is -2.13. The second kappa shape index (κ2) is 8.99. The van der Waals surface area contributed by atoms with Crippen LogP contribution in [-0.2, 0) is 7.05 Å². The van der Waals surface area contributed by atoms with Crippen LogP contribution in [0.5, 0.6) is 0 Å². The second-order valence-electron chi connectivity index (χ2n) is 7.61. The van der Waals surface area contributed by atoms with Gasteiger partial charge in [-0.2, -0.15) is 0 Å². The minimum absolute atomic E-state index is 0.00336. The maximum atomic E-state index is 14.7. The molecule has 0 bridgehead atoms. The lowest BCUT2D eigenvalue weighted by Crippen LogP contribution is -2.16. The van der Waals surface area contributed by atoms with Gasteiger partial charge in [-0.05, 0) is 65.6 Å². The van der Waals surface area contributed by atoms with E-state index < -0.39 is 16.6 Å². The number of nitrogens with one attached hydrogen (secondary N) is 1. The molecule has 0 aliphatic heterocycles. The molecule has 0 spiro atoms. The number of aromatic nitrogens is 5. The predicted octanol–water partition coefficient (Wildman–Crippen LogP) is 4.02. The third kappa shape index (κ3) is 4.44. The topological polar surface area (TPSA) is 129 Å². The zero-order chi connectivity index (χ0) is 22.8. The number of pyridine rings is 1. The Hall–Kier alpha value is -3.41. The summed E-state index contributed by atoms with van der Waals surface area (Å²) in [6.07, 6.45) is 5.79. The van der Waals surface area contributed by atoms with Crippen LogP contribution < -0.4 is 5.32 Å². The van der Waals surface area contributed by atoms with E-state index in [0.29, 0.717) is 15.6 Å². The van der Waals surface area contributed by atoms with Crippen LogP contribution in [0.4, 0.5) is 15.9 Å². The van der Waals surface area contributed by atoms with Crippen LogP contribution in [0.25, 0.3) is 0 Å². The number of nitro benzene ring substituents is 1. The number of rotatable bonds is 6. The monoisotopic (exact) mass is 457 g/mol. The van der Waals surface area contributed by atoms with E-state index in [2.05, 4.69) is 25.8 Å². The summed E-state index contributed by atoms with van der Waals surface area (Å²) in [6, 6.07) is 4.08. The molecule has 12 heteroatoms. The van der Waals surface area contributed by atoms with Crippen molar-refractivity contribution in [2.24, 2.45) is 7.05 Å². The highest BCUT2D eigenvalue weighted by Gasteiger charge is 2.24. The average molecular weight is 457 g/mol. The van der Waals surface area contributed by atoms with Crippen LogP contribution in [0, 0.1) is 22.9 Å². The molecule has 166 valence electrons. The summed E-state index contributed by atoms with van der Waals surface area (Å²) < 4.78 is 16.1. The molecule has 1 fully saturated rings. The fourth-order valence-electron chi connectivity index (χ4n) is 3.74. The molecule has 1 aliphatic carbocycles. The number of amides is 1. The SMILES string of the molecule is Cc1cc(Sc2nnnn2C)c(C(=O)Nc2ncc(C3CCCC3)cc2F)cc1[N+](=O)[O-]. The molecule has 1 N–H and O–H groups in total. The molecule has 0 radical (unpaired) electrons. The third-order valence-electron chi connectivity index (χ3n) is 5.44. The number of nitrogens with zero attached hydrogens (tertiary/aromatic N) is 6. The molecule has 10 nitrogen and oxygen atoms in total. The maximum absolute atomic E-state index is 14.7. The second-order valence-corrected chi connectivity index (χ2v) is 8.62. The number of benzene rings is 1. The highest BCUT2D eigenvalue weighted by atomic mass is 32.2. The van der Waals surface area contributed by atoms with Crippen molar-refractivity contribution in [3.05, 3.63) is 57.0 Å². The van der Waals surface area contributed by atoms with Crippen molar-refractivity contribution in [3.63, 3.8) is 0 Å². The van der Waals surface area contributed by atoms with Crippen molar-refractivity contribution < 1.29 is 14.1 Å². The molecule has 1 aliphatic rings. The highest BCUT2D eigenvalue weighted by Crippen LogP contribution is 2.36. The Labute approximate surface area is 186 Å². The molecule has 0 saturated heterocycles. The van der Waals surface area contributed by atoms with E-state index in [1.807, 2.05) is 0 Å². The zero-order valence-electron chi connectivity index (χ0n) is 17.4. The number of anilines is 1. The van der Waals surface area contributed by atoms with Crippen LogP contribution in [0.15, 0.2) is 34.4 Å². The lowest BCUT2D eigenvalue weighted by molar-refractivity contribution is -0.385. The molecule has 2 heterocycles. The van der Waals surface area contributed by atoms with Crippen LogP contribution >= 0.6 is 11.8 Å². The van der Waals surface area contributed by atoms with Crippen LogP contribution in [0.2, 0.25) is 0 Å². The van der Waals surface area contributed by atoms with Crippen molar-refractivity contribution in [2.75, 3.05) is 5.32 Å². The summed E-state index contributed by atoms with van der Waals surface area (Å²) in [4.78, 5) is 28.4.